The Hall–Kier alpha value is -2.31. The van der Waals surface area contributed by atoms with Gasteiger partial charge in [-0.1, -0.05) is 13.8 Å². The first-order valence-electron chi connectivity index (χ1n) is 6.72. The molecule has 0 saturated heterocycles. The number of carbonyl (C=O) groups is 2. The van der Waals surface area contributed by atoms with Gasteiger partial charge in [0.15, 0.2) is 0 Å². The van der Waals surface area contributed by atoms with Gasteiger partial charge in [0.1, 0.15) is 6.04 Å². The number of alkyl carbamates (subject to hydrolysis) is 1. The van der Waals surface area contributed by atoms with E-state index in [1.807, 2.05) is 13.8 Å². The van der Waals surface area contributed by atoms with Gasteiger partial charge in [0.05, 0.1) is 25.6 Å². The number of carbonyl (C=O) groups excluding carboxylic acids is 2. The van der Waals surface area contributed by atoms with Gasteiger partial charge in [0, 0.05) is 6.07 Å². The molecule has 7 nitrogen and oxygen atoms in total. The maximum absolute atomic E-state index is 12.2. The molecular weight excluding hydrogens is 274 g/mol. The van der Waals surface area contributed by atoms with Crippen LogP contribution in [0.25, 0.3) is 0 Å². The molecule has 1 atom stereocenters. The van der Waals surface area contributed by atoms with Crippen LogP contribution in [-0.4, -0.2) is 36.7 Å². The molecule has 0 aliphatic rings. The average molecular weight is 295 g/mol. The van der Waals surface area contributed by atoms with Crippen LogP contribution in [0, 0.1) is 5.92 Å². The molecule has 1 aromatic rings. The normalized spacial score (nSPS) is 11.7. The molecule has 1 aromatic heterocycles. The number of hydrogen-bond acceptors (Lipinski definition) is 5. The highest BCUT2D eigenvalue weighted by atomic mass is 16.5. The number of methoxy groups -OCH3 is 1. The lowest BCUT2D eigenvalue weighted by Gasteiger charge is -2.21. The summed E-state index contributed by atoms with van der Waals surface area (Å²) in [7, 11) is 1.51. The average Bonchev–Trinajstić information content (AvgIpc) is 2.45. The van der Waals surface area contributed by atoms with Gasteiger partial charge in [-0.3, -0.25) is 4.79 Å². The molecule has 2 amide bonds. The fraction of sp³-hybridized carbons (Fsp3) is 0.500. The Kier molecular flexibility index (Phi) is 6.45. The van der Waals surface area contributed by atoms with Crippen molar-refractivity contribution in [3.05, 3.63) is 18.3 Å². The van der Waals surface area contributed by atoms with E-state index < -0.39 is 12.1 Å². The molecule has 1 heterocycles. The lowest BCUT2D eigenvalue weighted by Crippen LogP contribution is -2.47. The maximum Gasteiger partial charge on any atom is 0.407 e. The summed E-state index contributed by atoms with van der Waals surface area (Å²) >= 11 is 0. The monoisotopic (exact) mass is 295 g/mol. The number of pyridine rings is 1. The van der Waals surface area contributed by atoms with Crippen LogP contribution in [0.4, 0.5) is 10.5 Å². The van der Waals surface area contributed by atoms with Gasteiger partial charge < -0.3 is 20.1 Å². The van der Waals surface area contributed by atoms with Crippen LogP contribution in [0.2, 0.25) is 0 Å². The van der Waals surface area contributed by atoms with Crippen molar-refractivity contribution in [2.24, 2.45) is 5.92 Å². The second-order valence-corrected chi connectivity index (χ2v) is 4.66. The first-order valence-corrected chi connectivity index (χ1v) is 6.72. The Bertz CT molecular complexity index is 474. The summed E-state index contributed by atoms with van der Waals surface area (Å²) in [5.74, 6) is 0.0451. The van der Waals surface area contributed by atoms with E-state index >= 15 is 0 Å². The van der Waals surface area contributed by atoms with E-state index in [0.29, 0.717) is 11.6 Å². The molecule has 0 bridgehead atoms. The number of hydrogen-bond donors (Lipinski definition) is 2. The molecule has 0 saturated carbocycles. The van der Waals surface area contributed by atoms with Crippen molar-refractivity contribution < 1.29 is 19.1 Å². The Morgan fingerprint density at radius 1 is 1.33 bits per heavy atom. The van der Waals surface area contributed by atoms with E-state index in [4.69, 9.17) is 9.47 Å². The highest BCUT2D eigenvalue weighted by Crippen LogP contribution is 2.12. The highest BCUT2D eigenvalue weighted by Gasteiger charge is 2.24. The van der Waals surface area contributed by atoms with Gasteiger partial charge in [0.25, 0.3) is 0 Å². The van der Waals surface area contributed by atoms with Crippen molar-refractivity contribution in [1.29, 1.82) is 0 Å². The van der Waals surface area contributed by atoms with E-state index in [0.717, 1.165) is 0 Å². The smallest absolute Gasteiger partial charge is 0.407 e. The Morgan fingerprint density at radius 2 is 2.05 bits per heavy atom. The quantitative estimate of drug-likeness (QED) is 0.835. The fourth-order valence-corrected chi connectivity index (χ4v) is 1.63. The molecular formula is C14H21N3O4. The molecule has 0 aliphatic carbocycles. The van der Waals surface area contributed by atoms with Gasteiger partial charge in [-0.05, 0) is 18.9 Å². The predicted molar refractivity (Wildman–Crippen MR) is 78.2 cm³/mol. The third-order valence-corrected chi connectivity index (χ3v) is 2.71. The highest BCUT2D eigenvalue weighted by molar-refractivity contribution is 5.96. The van der Waals surface area contributed by atoms with Crippen molar-refractivity contribution in [3.8, 4) is 5.88 Å². The lowest BCUT2D eigenvalue weighted by molar-refractivity contribution is -0.119. The first kappa shape index (κ1) is 16.7. The number of ether oxygens (including phenoxy) is 2. The molecule has 0 spiro atoms. The van der Waals surface area contributed by atoms with Crippen LogP contribution in [0.1, 0.15) is 20.8 Å². The zero-order valence-electron chi connectivity index (χ0n) is 12.7. The van der Waals surface area contributed by atoms with E-state index in [9.17, 15) is 9.59 Å². The summed E-state index contributed by atoms with van der Waals surface area (Å²) in [5, 5.41) is 5.24. The van der Waals surface area contributed by atoms with Gasteiger partial charge in [-0.15, -0.1) is 0 Å². The zero-order valence-corrected chi connectivity index (χ0v) is 12.7. The summed E-state index contributed by atoms with van der Waals surface area (Å²) in [6.07, 6.45) is 0.873. The summed E-state index contributed by atoms with van der Waals surface area (Å²) in [4.78, 5) is 27.7. The Labute approximate surface area is 124 Å². The molecule has 0 radical (unpaired) electrons. The number of anilines is 1. The summed E-state index contributed by atoms with van der Waals surface area (Å²) in [5.41, 5.74) is 0.525. The van der Waals surface area contributed by atoms with Crippen LogP contribution in [0.5, 0.6) is 5.88 Å². The molecule has 116 valence electrons. The topological polar surface area (TPSA) is 89.5 Å². The van der Waals surface area contributed by atoms with E-state index in [1.165, 1.54) is 13.3 Å². The summed E-state index contributed by atoms with van der Waals surface area (Å²) in [6, 6.07) is 2.62. The molecule has 0 fully saturated rings. The van der Waals surface area contributed by atoms with Gasteiger partial charge >= 0.3 is 6.09 Å². The van der Waals surface area contributed by atoms with E-state index in [2.05, 4.69) is 15.6 Å². The number of amides is 2. The second kappa shape index (κ2) is 8.08. The Morgan fingerprint density at radius 3 is 2.52 bits per heavy atom. The van der Waals surface area contributed by atoms with Crippen molar-refractivity contribution in [3.63, 3.8) is 0 Å². The fourth-order valence-electron chi connectivity index (χ4n) is 1.63. The molecule has 1 rings (SSSR count). The Balaban J connectivity index is 2.69. The third-order valence-electron chi connectivity index (χ3n) is 2.71. The van der Waals surface area contributed by atoms with Crippen LogP contribution >= 0.6 is 0 Å². The van der Waals surface area contributed by atoms with Crippen molar-refractivity contribution in [1.82, 2.24) is 10.3 Å². The second-order valence-electron chi connectivity index (χ2n) is 4.66. The zero-order chi connectivity index (χ0) is 15.8. The largest absolute Gasteiger partial charge is 0.481 e. The van der Waals surface area contributed by atoms with Gasteiger partial charge in [0.2, 0.25) is 11.8 Å². The number of aromatic nitrogens is 1. The number of nitrogens with one attached hydrogen (secondary N) is 2. The molecule has 2 N–H and O–H groups in total. The van der Waals surface area contributed by atoms with Gasteiger partial charge in [-0.2, -0.15) is 0 Å². The van der Waals surface area contributed by atoms with Crippen LogP contribution in [-0.2, 0) is 9.53 Å². The summed E-state index contributed by atoms with van der Waals surface area (Å²) in [6.45, 7) is 5.62. The third kappa shape index (κ3) is 5.29. The maximum atomic E-state index is 12.2. The van der Waals surface area contributed by atoms with Crippen molar-refractivity contribution in [2.75, 3.05) is 19.0 Å². The molecule has 1 unspecified atom stereocenters. The minimum atomic E-state index is -0.689. The molecule has 21 heavy (non-hydrogen) atoms. The predicted octanol–water partition coefficient (Wildman–Crippen LogP) is 1.80. The lowest BCUT2D eigenvalue weighted by atomic mass is 10.0. The number of nitrogens with zero attached hydrogens (tertiary/aromatic N) is 1. The van der Waals surface area contributed by atoms with Crippen molar-refractivity contribution >= 4 is 17.7 Å². The standard InChI is InChI=1S/C14H21N3O4/c1-5-21-14(19)17-12(9(2)3)13(18)16-10-6-7-11(20-4)15-8-10/h6-9,12H,5H2,1-4H3,(H,16,18)(H,17,19). The molecule has 7 heteroatoms. The summed E-state index contributed by atoms with van der Waals surface area (Å²) < 4.78 is 9.74. The van der Waals surface area contributed by atoms with Gasteiger partial charge in [-0.25, -0.2) is 9.78 Å². The van der Waals surface area contributed by atoms with E-state index in [-0.39, 0.29) is 18.4 Å². The first-order chi connectivity index (χ1) is 9.97. The number of rotatable bonds is 6. The van der Waals surface area contributed by atoms with Crippen LogP contribution < -0.4 is 15.4 Å². The van der Waals surface area contributed by atoms with Crippen LogP contribution in [0.3, 0.4) is 0 Å². The van der Waals surface area contributed by atoms with Crippen LogP contribution in [0.15, 0.2) is 18.3 Å². The molecule has 0 aliphatic heterocycles. The SMILES string of the molecule is CCOC(=O)NC(C(=O)Nc1ccc(OC)nc1)C(C)C. The van der Waals surface area contributed by atoms with Crippen molar-refractivity contribution in [2.45, 2.75) is 26.8 Å². The minimum absolute atomic E-state index is 0.0828. The minimum Gasteiger partial charge on any atom is -0.481 e. The molecule has 0 aromatic carbocycles. The van der Waals surface area contributed by atoms with E-state index in [1.54, 1.807) is 19.1 Å².